The molecule has 0 radical (unpaired) electrons. The number of nitrogens with one attached hydrogen (secondary N) is 1. The zero-order valence-electron chi connectivity index (χ0n) is 14.7. The molecule has 1 N–H and O–H groups in total. The topological polar surface area (TPSA) is 64.1 Å². The standard InChI is InChI=1S/C22H19N3O2/c26-22(25-11-5-6-16-14-23-12-13-24-16)27-15-21-19-9-3-1-7-17(19)18-8-2-4-10-20(18)21/h1-10,12-14,21H,11,15H2,(H,25,26). The average Bonchev–Trinajstić information content (AvgIpc) is 3.04. The average molecular weight is 357 g/mol. The van der Waals surface area contributed by atoms with Gasteiger partial charge < -0.3 is 10.1 Å². The monoisotopic (exact) mass is 357 g/mol. The van der Waals surface area contributed by atoms with Crippen LogP contribution in [0.1, 0.15) is 22.7 Å². The largest absolute Gasteiger partial charge is 0.449 e. The summed E-state index contributed by atoms with van der Waals surface area (Å²) < 4.78 is 5.48. The third-order valence-electron chi connectivity index (χ3n) is 4.58. The van der Waals surface area contributed by atoms with Crippen molar-refractivity contribution in [3.05, 3.63) is 90.0 Å². The minimum atomic E-state index is -0.430. The molecule has 27 heavy (non-hydrogen) atoms. The first-order chi connectivity index (χ1) is 13.3. The molecule has 1 amide bonds. The van der Waals surface area contributed by atoms with E-state index in [0.717, 1.165) is 5.69 Å². The maximum atomic E-state index is 12.0. The van der Waals surface area contributed by atoms with Gasteiger partial charge in [0.15, 0.2) is 0 Å². The molecule has 0 unspecified atom stereocenters. The highest BCUT2D eigenvalue weighted by Gasteiger charge is 2.28. The number of hydrogen-bond acceptors (Lipinski definition) is 4. The maximum absolute atomic E-state index is 12.0. The lowest BCUT2D eigenvalue weighted by Crippen LogP contribution is -2.26. The van der Waals surface area contributed by atoms with Gasteiger partial charge in [-0.15, -0.1) is 0 Å². The molecule has 0 saturated carbocycles. The molecule has 1 aliphatic rings. The van der Waals surface area contributed by atoms with Gasteiger partial charge in [-0.2, -0.15) is 0 Å². The third-order valence-corrected chi connectivity index (χ3v) is 4.58. The molecule has 1 heterocycles. The number of benzene rings is 2. The summed E-state index contributed by atoms with van der Waals surface area (Å²) in [6.07, 6.45) is 8.08. The first-order valence-electron chi connectivity index (χ1n) is 8.84. The van der Waals surface area contributed by atoms with E-state index < -0.39 is 6.09 Å². The van der Waals surface area contributed by atoms with Crippen molar-refractivity contribution < 1.29 is 9.53 Å². The van der Waals surface area contributed by atoms with E-state index in [4.69, 9.17) is 4.74 Å². The fourth-order valence-electron chi connectivity index (χ4n) is 3.37. The minimum Gasteiger partial charge on any atom is -0.449 e. The number of rotatable bonds is 5. The molecular weight excluding hydrogens is 338 g/mol. The van der Waals surface area contributed by atoms with Crippen LogP contribution in [0.2, 0.25) is 0 Å². The molecule has 0 fully saturated rings. The summed E-state index contributed by atoms with van der Waals surface area (Å²) in [7, 11) is 0. The summed E-state index contributed by atoms with van der Waals surface area (Å²) in [6.45, 7) is 0.682. The highest BCUT2D eigenvalue weighted by atomic mass is 16.5. The summed E-state index contributed by atoms with van der Waals surface area (Å²) in [5.74, 6) is 0.0679. The van der Waals surface area contributed by atoms with E-state index in [2.05, 4.69) is 39.6 Å². The Labute approximate surface area is 157 Å². The molecule has 0 atom stereocenters. The number of hydrogen-bond donors (Lipinski definition) is 1. The van der Waals surface area contributed by atoms with E-state index in [0.29, 0.717) is 13.2 Å². The number of alkyl carbamates (subject to hydrolysis) is 1. The van der Waals surface area contributed by atoms with Crippen molar-refractivity contribution in [2.45, 2.75) is 5.92 Å². The Morgan fingerprint density at radius 1 is 1.04 bits per heavy atom. The lowest BCUT2D eigenvalue weighted by atomic mass is 9.98. The number of ether oxygens (including phenoxy) is 1. The molecule has 4 rings (SSSR count). The molecule has 0 saturated heterocycles. The van der Waals surface area contributed by atoms with E-state index in [-0.39, 0.29) is 5.92 Å². The number of carbonyl (C=O) groups excluding carboxylic acids is 1. The Bertz CT molecular complexity index is 925. The predicted octanol–water partition coefficient (Wildman–Crippen LogP) is 4.03. The summed E-state index contributed by atoms with van der Waals surface area (Å²) in [5.41, 5.74) is 5.58. The van der Waals surface area contributed by atoms with Crippen molar-refractivity contribution >= 4 is 12.2 Å². The van der Waals surface area contributed by atoms with Gasteiger partial charge in [0.1, 0.15) is 6.61 Å². The lowest BCUT2D eigenvalue weighted by molar-refractivity contribution is 0.144. The first-order valence-corrected chi connectivity index (χ1v) is 8.84. The van der Waals surface area contributed by atoms with Crippen LogP contribution in [0, 0.1) is 0 Å². The fraction of sp³-hybridized carbons (Fsp3) is 0.136. The van der Waals surface area contributed by atoms with Gasteiger partial charge >= 0.3 is 6.09 Å². The molecule has 0 spiro atoms. The van der Waals surface area contributed by atoms with Crippen LogP contribution < -0.4 is 5.32 Å². The zero-order chi connectivity index (χ0) is 18.5. The molecule has 0 aliphatic heterocycles. The van der Waals surface area contributed by atoms with Gasteiger partial charge in [-0.1, -0.05) is 54.6 Å². The summed E-state index contributed by atoms with van der Waals surface area (Å²) in [5, 5.41) is 2.73. The van der Waals surface area contributed by atoms with Crippen LogP contribution in [0.3, 0.4) is 0 Å². The molecule has 5 nitrogen and oxygen atoms in total. The second-order valence-electron chi connectivity index (χ2n) is 6.24. The van der Waals surface area contributed by atoms with Crippen molar-refractivity contribution in [1.82, 2.24) is 15.3 Å². The van der Waals surface area contributed by atoms with Gasteiger partial charge in [-0.3, -0.25) is 9.97 Å². The van der Waals surface area contributed by atoms with Crippen molar-refractivity contribution in [3.63, 3.8) is 0 Å². The van der Waals surface area contributed by atoms with E-state index >= 15 is 0 Å². The Kier molecular flexibility index (Phi) is 4.92. The fourth-order valence-corrected chi connectivity index (χ4v) is 3.37. The summed E-state index contributed by atoms with van der Waals surface area (Å²) in [6, 6.07) is 16.6. The molecule has 3 aromatic rings. The van der Waals surface area contributed by atoms with Crippen LogP contribution in [0.4, 0.5) is 4.79 Å². The van der Waals surface area contributed by atoms with Crippen molar-refractivity contribution in [1.29, 1.82) is 0 Å². The zero-order valence-corrected chi connectivity index (χ0v) is 14.7. The number of fused-ring (bicyclic) bond motifs is 3. The normalized spacial score (nSPS) is 12.6. The Morgan fingerprint density at radius 2 is 1.74 bits per heavy atom. The Hall–Kier alpha value is -3.47. The number of amides is 1. The van der Waals surface area contributed by atoms with E-state index in [1.165, 1.54) is 22.3 Å². The molecule has 1 aromatic heterocycles. The molecular formula is C22H19N3O2. The second kappa shape index (κ2) is 7.83. The molecule has 5 heteroatoms. The second-order valence-corrected chi connectivity index (χ2v) is 6.24. The predicted molar refractivity (Wildman–Crippen MR) is 104 cm³/mol. The molecule has 1 aliphatic carbocycles. The van der Waals surface area contributed by atoms with Crippen LogP contribution >= 0.6 is 0 Å². The Morgan fingerprint density at radius 3 is 2.41 bits per heavy atom. The van der Waals surface area contributed by atoms with Gasteiger partial charge in [0, 0.05) is 24.9 Å². The smallest absolute Gasteiger partial charge is 0.407 e. The Balaban J connectivity index is 1.35. The summed E-state index contributed by atoms with van der Waals surface area (Å²) >= 11 is 0. The number of aromatic nitrogens is 2. The van der Waals surface area contributed by atoms with E-state index in [9.17, 15) is 4.79 Å². The van der Waals surface area contributed by atoms with Gasteiger partial charge in [0.05, 0.1) is 11.9 Å². The molecule has 134 valence electrons. The maximum Gasteiger partial charge on any atom is 0.407 e. The number of nitrogens with zero attached hydrogens (tertiary/aromatic N) is 2. The highest BCUT2D eigenvalue weighted by Crippen LogP contribution is 2.44. The van der Waals surface area contributed by atoms with Gasteiger partial charge in [-0.25, -0.2) is 4.79 Å². The van der Waals surface area contributed by atoms with Crippen LogP contribution in [0.15, 0.2) is 73.2 Å². The van der Waals surface area contributed by atoms with Crippen molar-refractivity contribution in [2.24, 2.45) is 0 Å². The molecule has 0 bridgehead atoms. The quantitative estimate of drug-likeness (QED) is 0.749. The highest BCUT2D eigenvalue weighted by molar-refractivity contribution is 5.79. The van der Waals surface area contributed by atoms with E-state index in [1.807, 2.05) is 30.3 Å². The minimum absolute atomic E-state index is 0.0679. The number of carbonyl (C=O) groups is 1. The SMILES string of the molecule is O=C(NCC=Cc1cnccn1)OCC1c2ccccc2-c2ccccc21. The van der Waals surface area contributed by atoms with Crippen molar-refractivity contribution in [3.8, 4) is 11.1 Å². The van der Waals surface area contributed by atoms with Crippen LogP contribution in [-0.4, -0.2) is 29.2 Å². The van der Waals surface area contributed by atoms with Gasteiger partial charge in [-0.05, 0) is 28.3 Å². The first kappa shape index (κ1) is 17.0. The van der Waals surface area contributed by atoms with Crippen LogP contribution in [-0.2, 0) is 4.74 Å². The van der Waals surface area contributed by atoms with E-state index in [1.54, 1.807) is 24.7 Å². The lowest BCUT2D eigenvalue weighted by Gasteiger charge is -2.14. The summed E-state index contributed by atoms with van der Waals surface area (Å²) in [4.78, 5) is 20.2. The van der Waals surface area contributed by atoms with Gasteiger partial charge in [0.25, 0.3) is 0 Å². The van der Waals surface area contributed by atoms with Gasteiger partial charge in [0.2, 0.25) is 0 Å². The van der Waals surface area contributed by atoms with Crippen LogP contribution in [0.5, 0.6) is 0 Å². The molecule has 2 aromatic carbocycles. The van der Waals surface area contributed by atoms with Crippen molar-refractivity contribution in [2.75, 3.05) is 13.2 Å². The third kappa shape index (κ3) is 3.72. The van der Waals surface area contributed by atoms with Crippen LogP contribution in [0.25, 0.3) is 17.2 Å².